The molecule has 2 atom stereocenters. The Balaban J connectivity index is 1.71. The Morgan fingerprint density at radius 3 is 2.25 bits per heavy atom. The van der Waals surface area contributed by atoms with E-state index in [-0.39, 0.29) is 23.5 Å². The van der Waals surface area contributed by atoms with Crippen LogP contribution in [0, 0.1) is 0 Å². The molecule has 1 aliphatic rings. The van der Waals surface area contributed by atoms with Gasteiger partial charge in [-0.05, 0) is 48.6 Å². The standard InChI is InChI=1S/C24H32N2O2/c1-17-14-26(15-18(2)28-17)16-20-8-6-7-9-22(20)25-23(27)19-10-12-21(13-11-19)24(3,4)5/h6-13,17-18H,14-16H2,1-5H3,(H,25,27). The van der Waals surface area contributed by atoms with Crippen molar-refractivity contribution in [3.63, 3.8) is 0 Å². The third-order valence-electron chi connectivity index (χ3n) is 5.17. The lowest BCUT2D eigenvalue weighted by atomic mass is 9.86. The molecule has 1 aliphatic heterocycles. The largest absolute Gasteiger partial charge is 0.373 e. The minimum Gasteiger partial charge on any atom is -0.373 e. The first-order valence-corrected chi connectivity index (χ1v) is 10.1. The van der Waals surface area contributed by atoms with Gasteiger partial charge in [0, 0.05) is 30.9 Å². The molecule has 0 aromatic heterocycles. The number of benzene rings is 2. The average Bonchev–Trinajstić information content (AvgIpc) is 2.62. The van der Waals surface area contributed by atoms with Gasteiger partial charge in [0.25, 0.3) is 5.91 Å². The molecule has 0 saturated carbocycles. The molecule has 1 amide bonds. The van der Waals surface area contributed by atoms with Crippen LogP contribution in [0.25, 0.3) is 0 Å². The smallest absolute Gasteiger partial charge is 0.255 e. The van der Waals surface area contributed by atoms with E-state index in [0.29, 0.717) is 5.56 Å². The van der Waals surface area contributed by atoms with E-state index in [4.69, 9.17) is 4.74 Å². The molecule has 28 heavy (non-hydrogen) atoms. The van der Waals surface area contributed by atoms with E-state index in [9.17, 15) is 4.79 Å². The van der Waals surface area contributed by atoms with E-state index >= 15 is 0 Å². The Kier molecular flexibility index (Phi) is 6.21. The van der Waals surface area contributed by atoms with Crippen LogP contribution in [0.15, 0.2) is 48.5 Å². The van der Waals surface area contributed by atoms with E-state index in [1.807, 2.05) is 42.5 Å². The number of nitrogens with one attached hydrogen (secondary N) is 1. The maximum Gasteiger partial charge on any atom is 0.255 e. The molecule has 2 unspecified atom stereocenters. The van der Waals surface area contributed by atoms with Crippen LogP contribution in [0.3, 0.4) is 0 Å². The molecule has 0 aliphatic carbocycles. The molecule has 0 radical (unpaired) electrons. The zero-order chi connectivity index (χ0) is 20.3. The maximum absolute atomic E-state index is 12.8. The van der Waals surface area contributed by atoms with Crippen molar-refractivity contribution in [2.75, 3.05) is 18.4 Å². The number of carbonyl (C=O) groups excluding carboxylic acids is 1. The highest BCUT2D eigenvalue weighted by Crippen LogP contribution is 2.24. The predicted molar refractivity (Wildman–Crippen MR) is 115 cm³/mol. The quantitative estimate of drug-likeness (QED) is 0.825. The third kappa shape index (κ3) is 5.21. The first-order valence-electron chi connectivity index (χ1n) is 10.1. The fraction of sp³-hybridized carbons (Fsp3) is 0.458. The summed E-state index contributed by atoms with van der Waals surface area (Å²) in [7, 11) is 0. The van der Waals surface area contributed by atoms with Crippen LogP contribution in [0.1, 0.15) is 56.1 Å². The fourth-order valence-corrected chi connectivity index (χ4v) is 3.75. The van der Waals surface area contributed by atoms with Crippen LogP contribution < -0.4 is 5.32 Å². The Hall–Kier alpha value is -2.17. The summed E-state index contributed by atoms with van der Waals surface area (Å²) in [6.45, 7) is 13.3. The van der Waals surface area contributed by atoms with Gasteiger partial charge in [0.2, 0.25) is 0 Å². The van der Waals surface area contributed by atoms with E-state index in [1.165, 1.54) is 5.56 Å². The normalized spacial score (nSPS) is 20.8. The van der Waals surface area contributed by atoms with Gasteiger partial charge in [-0.2, -0.15) is 0 Å². The summed E-state index contributed by atoms with van der Waals surface area (Å²) in [6, 6.07) is 15.9. The summed E-state index contributed by atoms with van der Waals surface area (Å²) >= 11 is 0. The Morgan fingerprint density at radius 2 is 1.64 bits per heavy atom. The highest BCUT2D eigenvalue weighted by Gasteiger charge is 2.23. The van der Waals surface area contributed by atoms with Gasteiger partial charge in [0.1, 0.15) is 0 Å². The number of rotatable bonds is 4. The molecule has 2 aromatic carbocycles. The van der Waals surface area contributed by atoms with E-state index < -0.39 is 0 Å². The lowest BCUT2D eigenvalue weighted by Crippen LogP contribution is -2.44. The van der Waals surface area contributed by atoms with Crippen LogP contribution in [0.4, 0.5) is 5.69 Å². The molecule has 1 fully saturated rings. The van der Waals surface area contributed by atoms with Crippen molar-refractivity contribution in [2.24, 2.45) is 0 Å². The van der Waals surface area contributed by atoms with Crippen molar-refractivity contribution < 1.29 is 9.53 Å². The predicted octanol–water partition coefficient (Wildman–Crippen LogP) is 4.85. The van der Waals surface area contributed by atoms with Crippen molar-refractivity contribution in [2.45, 2.75) is 58.8 Å². The molecular weight excluding hydrogens is 348 g/mol. The number of hydrogen-bond acceptors (Lipinski definition) is 3. The molecule has 0 bridgehead atoms. The Labute approximate surface area is 168 Å². The molecule has 2 aromatic rings. The topological polar surface area (TPSA) is 41.6 Å². The second kappa shape index (κ2) is 8.46. The van der Waals surface area contributed by atoms with Gasteiger partial charge >= 0.3 is 0 Å². The van der Waals surface area contributed by atoms with Gasteiger partial charge in [-0.1, -0.05) is 51.1 Å². The van der Waals surface area contributed by atoms with Crippen molar-refractivity contribution in [1.29, 1.82) is 0 Å². The molecule has 3 rings (SSSR count). The van der Waals surface area contributed by atoms with Crippen LogP contribution in [-0.4, -0.2) is 36.1 Å². The van der Waals surface area contributed by atoms with Gasteiger partial charge in [0.15, 0.2) is 0 Å². The average molecular weight is 381 g/mol. The lowest BCUT2D eigenvalue weighted by molar-refractivity contribution is -0.0704. The summed E-state index contributed by atoms with van der Waals surface area (Å²) < 4.78 is 5.83. The minimum atomic E-state index is -0.0726. The number of carbonyl (C=O) groups is 1. The second-order valence-electron chi connectivity index (χ2n) is 8.89. The third-order valence-corrected chi connectivity index (χ3v) is 5.17. The summed E-state index contributed by atoms with van der Waals surface area (Å²) in [5.74, 6) is -0.0726. The Bertz CT molecular complexity index is 798. The molecule has 150 valence electrons. The molecule has 1 heterocycles. The van der Waals surface area contributed by atoms with Crippen LogP contribution in [-0.2, 0) is 16.7 Å². The lowest BCUT2D eigenvalue weighted by Gasteiger charge is -2.35. The van der Waals surface area contributed by atoms with Crippen molar-refractivity contribution in [1.82, 2.24) is 4.90 Å². The number of anilines is 1. The number of para-hydroxylation sites is 1. The maximum atomic E-state index is 12.8. The van der Waals surface area contributed by atoms with Gasteiger partial charge < -0.3 is 10.1 Å². The van der Waals surface area contributed by atoms with Gasteiger partial charge in [0.05, 0.1) is 12.2 Å². The Morgan fingerprint density at radius 1 is 1.04 bits per heavy atom. The fourth-order valence-electron chi connectivity index (χ4n) is 3.75. The molecule has 4 heteroatoms. The van der Waals surface area contributed by atoms with Crippen molar-refractivity contribution in [3.05, 3.63) is 65.2 Å². The number of nitrogens with zero attached hydrogens (tertiary/aromatic N) is 1. The van der Waals surface area contributed by atoms with Gasteiger partial charge in [-0.25, -0.2) is 0 Å². The van der Waals surface area contributed by atoms with Crippen LogP contribution in [0.5, 0.6) is 0 Å². The first-order chi connectivity index (χ1) is 13.2. The first kappa shape index (κ1) is 20.6. The molecule has 1 saturated heterocycles. The van der Waals surface area contributed by atoms with Crippen molar-refractivity contribution >= 4 is 11.6 Å². The molecular formula is C24H32N2O2. The summed E-state index contributed by atoms with van der Waals surface area (Å²) in [6.07, 6.45) is 0.457. The monoisotopic (exact) mass is 380 g/mol. The molecule has 0 spiro atoms. The number of ether oxygens (including phenoxy) is 1. The number of amides is 1. The van der Waals surface area contributed by atoms with Crippen molar-refractivity contribution in [3.8, 4) is 0 Å². The number of hydrogen-bond donors (Lipinski definition) is 1. The number of morpholine rings is 1. The molecule has 4 nitrogen and oxygen atoms in total. The summed E-state index contributed by atoms with van der Waals surface area (Å²) in [5.41, 5.74) is 3.98. The minimum absolute atomic E-state index is 0.0726. The van der Waals surface area contributed by atoms with E-state index in [2.05, 4.69) is 50.9 Å². The highest BCUT2D eigenvalue weighted by molar-refractivity contribution is 6.04. The van der Waals surface area contributed by atoms with Crippen LogP contribution in [0.2, 0.25) is 0 Å². The van der Waals surface area contributed by atoms with Gasteiger partial charge in [-0.15, -0.1) is 0 Å². The highest BCUT2D eigenvalue weighted by atomic mass is 16.5. The van der Waals surface area contributed by atoms with Crippen LogP contribution >= 0.6 is 0 Å². The van der Waals surface area contributed by atoms with E-state index in [0.717, 1.165) is 30.9 Å². The second-order valence-corrected chi connectivity index (χ2v) is 8.89. The summed E-state index contributed by atoms with van der Waals surface area (Å²) in [4.78, 5) is 15.2. The molecule has 1 N–H and O–H groups in total. The SMILES string of the molecule is CC1CN(Cc2ccccc2NC(=O)c2ccc(C(C)(C)C)cc2)CC(C)O1. The van der Waals surface area contributed by atoms with Gasteiger partial charge in [-0.3, -0.25) is 9.69 Å². The zero-order valence-corrected chi connectivity index (χ0v) is 17.7. The van der Waals surface area contributed by atoms with E-state index in [1.54, 1.807) is 0 Å². The zero-order valence-electron chi connectivity index (χ0n) is 17.7. The summed E-state index contributed by atoms with van der Waals surface area (Å²) in [5, 5.41) is 3.10.